The smallest absolute Gasteiger partial charge is 0.277 e. The highest BCUT2D eigenvalue weighted by molar-refractivity contribution is 5.89. The van der Waals surface area contributed by atoms with Crippen LogP contribution < -0.4 is 10.9 Å². The van der Waals surface area contributed by atoms with Crippen molar-refractivity contribution in [2.45, 2.75) is 19.4 Å². The van der Waals surface area contributed by atoms with Crippen LogP contribution in [0.5, 0.6) is 0 Å². The number of benzene rings is 1. The Hall–Kier alpha value is -2.21. The highest BCUT2D eigenvalue weighted by Gasteiger charge is 2.17. The number of hydrogen-bond donors (Lipinski definition) is 1. The zero-order chi connectivity index (χ0) is 14.8. The van der Waals surface area contributed by atoms with Crippen LogP contribution in [0, 0.1) is 16.0 Å². The molecule has 1 aliphatic rings. The van der Waals surface area contributed by atoms with E-state index < -0.39 is 4.92 Å². The van der Waals surface area contributed by atoms with E-state index in [-0.39, 0.29) is 11.2 Å². The SMILES string of the molecule is O=c1c2cccc([N+](=O)[O-])c2ccn1CC1CCNCC1. The summed E-state index contributed by atoms with van der Waals surface area (Å²) in [6.45, 7) is 2.65. The molecule has 6 heteroatoms. The zero-order valence-corrected chi connectivity index (χ0v) is 11.6. The van der Waals surface area contributed by atoms with Crippen molar-refractivity contribution in [3.05, 3.63) is 50.9 Å². The van der Waals surface area contributed by atoms with E-state index in [4.69, 9.17) is 0 Å². The molecule has 0 bridgehead atoms. The minimum atomic E-state index is -0.446. The molecule has 3 rings (SSSR count). The van der Waals surface area contributed by atoms with Gasteiger partial charge < -0.3 is 9.88 Å². The van der Waals surface area contributed by atoms with Gasteiger partial charge in [-0.25, -0.2) is 0 Å². The molecule has 0 atom stereocenters. The lowest BCUT2D eigenvalue weighted by Crippen LogP contribution is -2.32. The van der Waals surface area contributed by atoms with Crippen LogP contribution in [-0.4, -0.2) is 22.6 Å². The zero-order valence-electron chi connectivity index (χ0n) is 11.6. The molecule has 1 aromatic heterocycles. The topological polar surface area (TPSA) is 77.2 Å². The molecule has 2 aromatic rings. The van der Waals surface area contributed by atoms with Crippen molar-refractivity contribution in [2.24, 2.45) is 5.92 Å². The number of nitrogens with one attached hydrogen (secondary N) is 1. The summed E-state index contributed by atoms with van der Waals surface area (Å²) in [6, 6.07) is 6.33. The Kier molecular flexibility index (Phi) is 3.70. The van der Waals surface area contributed by atoms with Crippen LogP contribution in [0.3, 0.4) is 0 Å². The number of aromatic nitrogens is 1. The number of rotatable bonds is 3. The highest BCUT2D eigenvalue weighted by Crippen LogP contribution is 2.23. The van der Waals surface area contributed by atoms with Gasteiger partial charge in [0.2, 0.25) is 0 Å². The van der Waals surface area contributed by atoms with Gasteiger partial charge in [0.05, 0.1) is 15.7 Å². The standard InChI is InChI=1S/C15H17N3O3/c19-15-13-2-1-3-14(18(20)21)12(13)6-9-17(15)10-11-4-7-16-8-5-11/h1-3,6,9,11,16H,4-5,7-8,10H2. The fraction of sp³-hybridized carbons (Fsp3) is 0.400. The number of fused-ring (bicyclic) bond motifs is 1. The Morgan fingerprint density at radius 2 is 2.00 bits per heavy atom. The third-order valence-electron chi connectivity index (χ3n) is 4.11. The van der Waals surface area contributed by atoms with Crippen molar-refractivity contribution in [3.63, 3.8) is 0 Å². The van der Waals surface area contributed by atoms with Crippen molar-refractivity contribution >= 4 is 16.5 Å². The summed E-state index contributed by atoms with van der Waals surface area (Å²) in [5, 5.41) is 15.1. The lowest BCUT2D eigenvalue weighted by molar-refractivity contribution is -0.383. The van der Waals surface area contributed by atoms with Crippen molar-refractivity contribution < 1.29 is 4.92 Å². The first-order chi connectivity index (χ1) is 10.2. The fourth-order valence-electron chi connectivity index (χ4n) is 2.95. The van der Waals surface area contributed by atoms with Gasteiger partial charge in [-0.1, -0.05) is 6.07 Å². The molecule has 110 valence electrons. The molecule has 21 heavy (non-hydrogen) atoms. The molecular formula is C15H17N3O3. The molecule has 0 aliphatic carbocycles. The Morgan fingerprint density at radius 3 is 2.71 bits per heavy atom. The van der Waals surface area contributed by atoms with E-state index >= 15 is 0 Å². The van der Waals surface area contributed by atoms with Crippen LogP contribution in [0.15, 0.2) is 35.3 Å². The Morgan fingerprint density at radius 1 is 1.24 bits per heavy atom. The number of nitro groups is 1. The first-order valence-electron chi connectivity index (χ1n) is 7.14. The van der Waals surface area contributed by atoms with Crippen molar-refractivity contribution in [2.75, 3.05) is 13.1 Å². The molecule has 0 amide bonds. The van der Waals surface area contributed by atoms with Crippen LogP contribution in [0.4, 0.5) is 5.69 Å². The Labute approximate surface area is 121 Å². The van der Waals surface area contributed by atoms with E-state index in [0.717, 1.165) is 25.9 Å². The molecule has 1 N–H and O–H groups in total. The van der Waals surface area contributed by atoms with Crippen molar-refractivity contribution in [3.8, 4) is 0 Å². The minimum Gasteiger partial charge on any atom is -0.317 e. The summed E-state index contributed by atoms with van der Waals surface area (Å²) in [6.07, 6.45) is 3.79. The number of nitrogens with zero attached hydrogens (tertiary/aromatic N) is 2. The average molecular weight is 287 g/mol. The molecule has 0 unspecified atom stereocenters. The maximum absolute atomic E-state index is 12.5. The number of piperidine rings is 1. The van der Waals surface area contributed by atoms with Gasteiger partial charge in [0.1, 0.15) is 0 Å². The average Bonchev–Trinajstić information content (AvgIpc) is 2.50. The number of nitro benzene ring substituents is 1. The maximum Gasteiger partial charge on any atom is 0.277 e. The van der Waals surface area contributed by atoms with Gasteiger partial charge in [-0.3, -0.25) is 14.9 Å². The molecule has 1 aliphatic heterocycles. The largest absolute Gasteiger partial charge is 0.317 e. The highest BCUT2D eigenvalue weighted by atomic mass is 16.6. The van der Waals surface area contributed by atoms with Crippen molar-refractivity contribution in [1.82, 2.24) is 9.88 Å². The van der Waals surface area contributed by atoms with Crippen LogP contribution in [0.25, 0.3) is 10.8 Å². The predicted molar refractivity (Wildman–Crippen MR) is 80.5 cm³/mol. The summed E-state index contributed by atoms with van der Waals surface area (Å²) >= 11 is 0. The summed E-state index contributed by atoms with van der Waals surface area (Å²) in [5.41, 5.74) is -0.159. The summed E-state index contributed by atoms with van der Waals surface area (Å²) in [7, 11) is 0. The van der Waals surface area contributed by atoms with E-state index in [1.54, 1.807) is 29.0 Å². The molecule has 6 nitrogen and oxygen atoms in total. The predicted octanol–water partition coefficient (Wildman–Crippen LogP) is 1.91. The number of pyridine rings is 1. The van der Waals surface area contributed by atoms with Crippen LogP contribution >= 0.6 is 0 Å². The molecule has 0 spiro atoms. The normalized spacial score (nSPS) is 16.2. The van der Waals surface area contributed by atoms with Gasteiger partial charge in [-0.2, -0.15) is 0 Å². The second-order valence-corrected chi connectivity index (χ2v) is 5.46. The van der Waals surface area contributed by atoms with Crippen molar-refractivity contribution in [1.29, 1.82) is 0 Å². The first kappa shape index (κ1) is 13.8. The Bertz CT molecular complexity index is 733. The molecule has 0 radical (unpaired) electrons. The van der Waals surface area contributed by atoms with Gasteiger partial charge in [0.15, 0.2) is 0 Å². The molecule has 1 saturated heterocycles. The van der Waals surface area contributed by atoms with E-state index in [9.17, 15) is 14.9 Å². The lowest BCUT2D eigenvalue weighted by atomic mass is 9.98. The first-order valence-corrected chi connectivity index (χ1v) is 7.14. The number of hydrogen-bond acceptors (Lipinski definition) is 4. The second kappa shape index (κ2) is 5.65. The van der Waals surface area contributed by atoms with Gasteiger partial charge >= 0.3 is 0 Å². The molecule has 2 heterocycles. The van der Waals surface area contributed by atoms with Crippen LogP contribution in [-0.2, 0) is 6.54 Å². The lowest BCUT2D eigenvalue weighted by Gasteiger charge is -2.23. The molecule has 1 fully saturated rings. The maximum atomic E-state index is 12.5. The third kappa shape index (κ3) is 2.67. The van der Waals surface area contributed by atoms with Gasteiger partial charge in [-0.05, 0) is 44.0 Å². The summed E-state index contributed by atoms with van der Waals surface area (Å²) in [5.74, 6) is 0.486. The fourth-order valence-corrected chi connectivity index (χ4v) is 2.95. The quantitative estimate of drug-likeness (QED) is 0.691. The summed E-state index contributed by atoms with van der Waals surface area (Å²) in [4.78, 5) is 23.1. The van der Waals surface area contributed by atoms with Gasteiger partial charge in [0, 0.05) is 18.8 Å². The summed E-state index contributed by atoms with van der Waals surface area (Å²) < 4.78 is 1.68. The van der Waals surface area contributed by atoms with Gasteiger partial charge in [0.25, 0.3) is 11.2 Å². The second-order valence-electron chi connectivity index (χ2n) is 5.46. The van der Waals surface area contributed by atoms with Crippen LogP contribution in [0.2, 0.25) is 0 Å². The molecule has 0 saturated carbocycles. The number of non-ortho nitro benzene ring substituents is 1. The van der Waals surface area contributed by atoms with E-state index in [1.807, 2.05) is 0 Å². The monoisotopic (exact) mass is 287 g/mol. The van der Waals surface area contributed by atoms with Gasteiger partial charge in [-0.15, -0.1) is 0 Å². The van der Waals surface area contributed by atoms with E-state index in [0.29, 0.717) is 23.2 Å². The van der Waals surface area contributed by atoms with E-state index in [1.165, 1.54) is 6.07 Å². The molecule has 1 aromatic carbocycles. The Balaban J connectivity index is 2.00. The van der Waals surface area contributed by atoms with Crippen LogP contribution in [0.1, 0.15) is 12.8 Å². The third-order valence-corrected chi connectivity index (χ3v) is 4.11. The van der Waals surface area contributed by atoms with E-state index in [2.05, 4.69) is 5.32 Å². The minimum absolute atomic E-state index is 0.0152. The molecular weight excluding hydrogens is 270 g/mol.